The van der Waals surface area contributed by atoms with Crippen LogP contribution in [-0.2, 0) is 17.1 Å². The van der Waals surface area contributed by atoms with E-state index in [0.717, 1.165) is 48.9 Å². The molecule has 1 saturated carbocycles. The summed E-state index contributed by atoms with van der Waals surface area (Å²) >= 11 is 5.99. The summed E-state index contributed by atoms with van der Waals surface area (Å²) in [5, 5.41) is 3.83. The molecule has 11 heteroatoms. The number of carbonyl (C=O) groups is 1. The van der Waals surface area contributed by atoms with Gasteiger partial charge in [0.1, 0.15) is 11.0 Å². The Labute approximate surface area is 215 Å². The topological polar surface area (TPSA) is 123 Å². The monoisotopic (exact) mass is 531 g/mol. The van der Waals surface area contributed by atoms with Crippen molar-refractivity contribution in [2.45, 2.75) is 57.9 Å². The quantitative estimate of drug-likeness (QED) is 0.457. The van der Waals surface area contributed by atoms with Gasteiger partial charge in [0.25, 0.3) is 11.5 Å². The zero-order valence-corrected chi connectivity index (χ0v) is 22.3. The molecule has 0 saturated heterocycles. The maximum Gasteiger partial charge on any atom is 0.285 e. The molecule has 36 heavy (non-hydrogen) atoms. The van der Waals surface area contributed by atoms with Crippen LogP contribution in [0, 0.1) is 6.92 Å². The fourth-order valence-corrected chi connectivity index (χ4v) is 5.46. The molecular formula is C25H30ClN5O4S. The van der Waals surface area contributed by atoms with Crippen LogP contribution < -0.4 is 15.6 Å². The van der Waals surface area contributed by atoms with Gasteiger partial charge in [-0.25, -0.2) is 23.1 Å². The number of hydrogen-bond donors (Lipinski definition) is 2. The lowest BCUT2D eigenvalue weighted by molar-refractivity contribution is 0.0977. The number of nitrogens with zero attached hydrogens (tertiary/aromatic N) is 3. The molecule has 0 radical (unpaired) electrons. The average molecular weight is 532 g/mol. The fourth-order valence-electron chi connectivity index (χ4n) is 4.88. The Hall–Kier alpha value is -2.98. The Balaban J connectivity index is 1.79. The Morgan fingerprint density at radius 3 is 2.53 bits per heavy atom. The van der Waals surface area contributed by atoms with E-state index < -0.39 is 15.9 Å². The van der Waals surface area contributed by atoms with Crippen LogP contribution in [0.1, 0.15) is 78.4 Å². The molecule has 0 aliphatic heterocycles. The second kappa shape index (κ2) is 10.2. The summed E-state index contributed by atoms with van der Waals surface area (Å²) in [7, 11) is -2.01. The highest BCUT2D eigenvalue weighted by Crippen LogP contribution is 2.33. The first-order valence-corrected chi connectivity index (χ1v) is 14.2. The maximum absolute atomic E-state index is 13.4. The number of anilines is 1. The smallest absolute Gasteiger partial charge is 0.285 e. The summed E-state index contributed by atoms with van der Waals surface area (Å²) < 4.78 is 26.8. The van der Waals surface area contributed by atoms with E-state index in [1.54, 1.807) is 17.7 Å². The number of pyridine rings is 1. The van der Waals surface area contributed by atoms with E-state index in [4.69, 9.17) is 16.6 Å². The average Bonchev–Trinajstić information content (AvgIpc) is 2.81. The summed E-state index contributed by atoms with van der Waals surface area (Å²) in [6, 6.07) is 6.51. The number of benzene rings is 1. The van der Waals surface area contributed by atoms with Gasteiger partial charge in [0.15, 0.2) is 5.69 Å². The second-order valence-corrected chi connectivity index (χ2v) is 11.7. The zero-order chi connectivity index (χ0) is 26.2. The van der Waals surface area contributed by atoms with E-state index in [2.05, 4.69) is 10.3 Å². The van der Waals surface area contributed by atoms with E-state index >= 15 is 0 Å². The van der Waals surface area contributed by atoms with Crippen LogP contribution in [0.25, 0.3) is 10.9 Å². The van der Waals surface area contributed by atoms with Crippen molar-refractivity contribution < 1.29 is 13.2 Å². The molecule has 4 rings (SSSR count). The molecule has 1 aliphatic rings. The van der Waals surface area contributed by atoms with Crippen LogP contribution in [0.15, 0.2) is 29.1 Å². The minimum atomic E-state index is -3.80. The van der Waals surface area contributed by atoms with E-state index in [-0.39, 0.29) is 28.4 Å². The van der Waals surface area contributed by atoms with Crippen molar-refractivity contribution in [2.24, 2.45) is 7.05 Å². The van der Waals surface area contributed by atoms with Gasteiger partial charge in [-0.05, 0) is 50.5 Å². The Bertz CT molecular complexity index is 1500. The molecule has 0 unspecified atom stereocenters. The first-order valence-electron chi connectivity index (χ1n) is 11.9. The number of nitrogens with one attached hydrogen (secondary N) is 2. The third-order valence-corrected chi connectivity index (χ3v) is 7.32. The van der Waals surface area contributed by atoms with Crippen LogP contribution in [0.4, 0.5) is 5.69 Å². The molecule has 1 aromatic carbocycles. The van der Waals surface area contributed by atoms with E-state index in [9.17, 15) is 18.0 Å². The third-order valence-electron chi connectivity index (χ3n) is 6.55. The lowest BCUT2D eigenvalue weighted by Crippen LogP contribution is -2.31. The maximum atomic E-state index is 13.4. The van der Waals surface area contributed by atoms with Gasteiger partial charge in [-0.3, -0.25) is 14.2 Å². The molecule has 9 nitrogen and oxygen atoms in total. The molecule has 1 amide bonds. The number of amides is 1. The van der Waals surface area contributed by atoms with Crippen molar-refractivity contribution in [1.82, 2.24) is 19.3 Å². The molecule has 192 valence electrons. The number of aromatic nitrogens is 3. The van der Waals surface area contributed by atoms with E-state index in [0.29, 0.717) is 16.6 Å². The lowest BCUT2D eigenvalue weighted by atomic mass is 9.88. The van der Waals surface area contributed by atoms with Crippen molar-refractivity contribution in [3.05, 3.63) is 62.4 Å². The minimum Gasteiger partial charge on any atom is -0.377 e. The highest BCUT2D eigenvalue weighted by molar-refractivity contribution is 7.89. The van der Waals surface area contributed by atoms with Crippen molar-refractivity contribution >= 4 is 44.1 Å². The van der Waals surface area contributed by atoms with Gasteiger partial charge >= 0.3 is 0 Å². The molecule has 1 aliphatic carbocycles. The lowest BCUT2D eigenvalue weighted by Gasteiger charge is -2.24. The van der Waals surface area contributed by atoms with Gasteiger partial charge < -0.3 is 5.32 Å². The number of fused-ring (bicyclic) bond motifs is 1. The van der Waals surface area contributed by atoms with Crippen molar-refractivity contribution in [1.29, 1.82) is 0 Å². The number of aryl methyl sites for hydroxylation is 1. The molecule has 0 bridgehead atoms. The van der Waals surface area contributed by atoms with Crippen molar-refractivity contribution in [3.63, 3.8) is 0 Å². The normalized spacial score (nSPS) is 15.6. The summed E-state index contributed by atoms with van der Waals surface area (Å²) in [6.07, 6.45) is 6.36. The summed E-state index contributed by atoms with van der Waals surface area (Å²) in [6.45, 7) is 3.81. The number of hydrogen-bond acceptors (Lipinski definition) is 7. The molecule has 2 N–H and O–H groups in total. The van der Waals surface area contributed by atoms with Gasteiger partial charge in [-0.2, -0.15) is 0 Å². The van der Waals surface area contributed by atoms with Crippen LogP contribution in [0.3, 0.4) is 0 Å². The van der Waals surface area contributed by atoms with Gasteiger partial charge in [-0.1, -0.05) is 36.9 Å². The van der Waals surface area contributed by atoms with E-state index in [1.165, 1.54) is 12.5 Å². The molecule has 2 aromatic heterocycles. The Kier molecular flexibility index (Phi) is 7.38. The van der Waals surface area contributed by atoms with Gasteiger partial charge in [0.2, 0.25) is 10.0 Å². The van der Waals surface area contributed by atoms with Crippen LogP contribution in [-0.4, -0.2) is 35.1 Å². The number of sulfonamides is 1. The molecule has 1 fully saturated rings. The minimum absolute atomic E-state index is 0.0511. The molecule has 2 heterocycles. The van der Waals surface area contributed by atoms with Crippen LogP contribution in [0.5, 0.6) is 0 Å². The molecule has 1 atom stereocenters. The molecular weight excluding hydrogens is 502 g/mol. The van der Waals surface area contributed by atoms with Crippen molar-refractivity contribution in [2.75, 3.05) is 11.6 Å². The van der Waals surface area contributed by atoms with E-state index in [1.807, 2.05) is 30.7 Å². The molecule has 3 aromatic rings. The number of halogens is 1. The summed E-state index contributed by atoms with van der Waals surface area (Å²) in [4.78, 5) is 35.0. The highest BCUT2D eigenvalue weighted by atomic mass is 35.5. The first-order chi connectivity index (χ1) is 16.9. The van der Waals surface area contributed by atoms with Gasteiger partial charge in [-0.15, -0.1) is 0 Å². The Morgan fingerprint density at radius 1 is 1.17 bits per heavy atom. The number of rotatable bonds is 6. The van der Waals surface area contributed by atoms with Gasteiger partial charge in [0, 0.05) is 18.5 Å². The molecule has 0 spiro atoms. The second-order valence-electron chi connectivity index (χ2n) is 9.52. The fraction of sp³-hybridized carbons (Fsp3) is 0.440. The van der Waals surface area contributed by atoms with Gasteiger partial charge in [0.05, 0.1) is 28.9 Å². The van der Waals surface area contributed by atoms with Crippen LogP contribution >= 0.6 is 11.6 Å². The third kappa shape index (κ3) is 5.54. The SMILES string of the molecule is Cc1cc([C@@H](C)Nc2ccc(Cl)nc2C(=O)NS(C)(=O)=O)c2nc(C3CCCCC3)n(C)c(=O)c2c1. The summed E-state index contributed by atoms with van der Waals surface area (Å²) in [5.41, 5.74) is 2.39. The largest absolute Gasteiger partial charge is 0.377 e. The predicted octanol–water partition coefficient (Wildman–Crippen LogP) is 4.20. The first kappa shape index (κ1) is 26.1. The zero-order valence-electron chi connectivity index (χ0n) is 20.8. The predicted molar refractivity (Wildman–Crippen MR) is 141 cm³/mol. The standard InChI is InChI=1S/C25H30ClN5O4S/c1-14-12-17(15(2)27-19-10-11-20(26)28-22(19)24(32)30-36(4,34)35)21-18(13-14)25(33)31(3)23(29-21)16-8-6-5-7-9-16/h10-13,15-16,27H,5-9H2,1-4H3,(H,30,32)/t15-/m1/s1. The Morgan fingerprint density at radius 2 is 1.86 bits per heavy atom. The van der Waals surface area contributed by atoms with Crippen molar-refractivity contribution in [3.8, 4) is 0 Å². The highest BCUT2D eigenvalue weighted by Gasteiger charge is 2.24. The summed E-state index contributed by atoms with van der Waals surface area (Å²) in [5.74, 6) is 0.145. The number of carbonyl (C=O) groups excluding carboxylic acids is 1. The van der Waals surface area contributed by atoms with Crippen LogP contribution in [0.2, 0.25) is 5.15 Å².